The van der Waals surface area contributed by atoms with Crippen molar-refractivity contribution in [1.29, 1.82) is 0 Å². The standard InChI is InChI=1S/C19H27NO5/c1-19(2,3)13-25-18(22)9-8-17(21)20-11-10-14-6-7-15(23-4)16(12-14)24-5/h6-9,12H,10-11,13H2,1-5H3,(H,20,21)/b9-8+. The first-order chi connectivity index (χ1) is 11.7. The van der Waals surface area contributed by atoms with Gasteiger partial charge in [-0.25, -0.2) is 4.79 Å². The Labute approximate surface area is 149 Å². The maximum atomic E-state index is 11.7. The van der Waals surface area contributed by atoms with Crippen molar-refractivity contribution in [2.24, 2.45) is 5.41 Å². The van der Waals surface area contributed by atoms with Crippen LogP contribution in [0.3, 0.4) is 0 Å². The summed E-state index contributed by atoms with van der Waals surface area (Å²) in [5.74, 6) is 0.443. The van der Waals surface area contributed by atoms with Crippen molar-refractivity contribution in [1.82, 2.24) is 5.32 Å². The van der Waals surface area contributed by atoms with Crippen LogP contribution in [0.1, 0.15) is 26.3 Å². The first-order valence-electron chi connectivity index (χ1n) is 8.09. The Morgan fingerprint density at radius 2 is 1.76 bits per heavy atom. The molecular formula is C19H27NO5. The maximum absolute atomic E-state index is 11.7. The van der Waals surface area contributed by atoms with Gasteiger partial charge in [0, 0.05) is 18.7 Å². The summed E-state index contributed by atoms with van der Waals surface area (Å²) in [5, 5.41) is 2.72. The van der Waals surface area contributed by atoms with Crippen LogP contribution in [-0.4, -0.2) is 39.2 Å². The monoisotopic (exact) mass is 349 g/mol. The van der Waals surface area contributed by atoms with Gasteiger partial charge in [-0.2, -0.15) is 0 Å². The molecule has 25 heavy (non-hydrogen) atoms. The van der Waals surface area contributed by atoms with Crippen LogP contribution in [0, 0.1) is 5.41 Å². The number of carbonyl (C=O) groups excluding carboxylic acids is 2. The average molecular weight is 349 g/mol. The molecule has 0 aliphatic heterocycles. The van der Waals surface area contributed by atoms with Gasteiger partial charge in [0.2, 0.25) is 5.91 Å². The highest BCUT2D eigenvalue weighted by atomic mass is 16.5. The first-order valence-corrected chi connectivity index (χ1v) is 8.09. The molecule has 0 aromatic heterocycles. The molecule has 0 aliphatic carbocycles. The number of nitrogens with one attached hydrogen (secondary N) is 1. The molecule has 0 spiro atoms. The third-order valence-corrected chi connectivity index (χ3v) is 3.18. The van der Waals surface area contributed by atoms with Crippen molar-refractivity contribution in [3.63, 3.8) is 0 Å². The van der Waals surface area contributed by atoms with Gasteiger partial charge in [-0.1, -0.05) is 26.8 Å². The van der Waals surface area contributed by atoms with E-state index in [1.165, 1.54) is 6.08 Å². The lowest BCUT2D eigenvalue weighted by Crippen LogP contribution is -2.24. The largest absolute Gasteiger partial charge is 0.493 e. The van der Waals surface area contributed by atoms with E-state index in [4.69, 9.17) is 14.2 Å². The summed E-state index contributed by atoms with van der Waals surface area (Å²) in [6, 6.07) is 5.60. The van der Waals surface area contributed by atoms with E-state index in [0.717, 1.165) is 11.6 Å². The Hall–Kier alpha value is -2.50. The minimum Gasteiger partial charge on any atom is -0.493 e. The molecule has 1 rings (SSSR count). The van der Waals surface area contributed by atoms with Crippen molar-refractivity contribution in [3.8, 4) is 11.5 Å². The topological polar surface area (TPSA) is 73.9 Å². The van der Waals surface area contributed by atoms with Crippen molar-refractivity contribution >= 4 is 11.9 Å². The molecule has 0 saturated heterocycles. The first kappa shape index (κ1) is 20.5. The number of esters is 1. The zero-order valence-corrected chi connectivity index (χ0v) is 15.5. The highest BCUT2D eigenvalue weighted by Crippen LogP contribution is 2.27. The fourth-order valence-electron chi connectivity index (χ4n) is 1.90. The molecule has 1 amide bonds. The number of hydrogen-bond donors (Lipinski definition) is 1. The van der Waals surface area contributed by atoms with Crippen LogP contribution in [0.25, 0.3) is 0 Å². The molecule has 1 N–H and O–H groups in total. The van der Waals surface area contributed by atoms with Crippen LogP contribution in [0.15, 0.2) is 30.4 Å². The molecule has 0 saturated carbocycles. The molecule has 1 aromatic rings. The van der Waals surface area contributed by atoms with Crippen molar-refractivity contribution in [2.45, 2.75) is 27.2 Å². The predicted octanol–water partition coefficient (Wildman–Crippen LogP) is 2.51. The van der Waals surface area contributed by atoms with Gasteiger partial charge in [-0.05, 0) is 29.5 Å². The molecule has 0 atom stereocenters. The highest BCUT2D eigenvalue weighted by Gasteiger charge is 2.12. The Balaban J connectivity index is 2.39. The zero-order valence-electron chi connectivity index (χ0n) is 15.5. The van der Waals surface area contributed by atoms with E-state index in [-0.39, 0.29) is 11.3 Å². The lowest BCUT2D eigenvalue weighted by Gasteiger charge is -2.16. The third-order valence-electron chi connectivity index (χ3n) is 3.18. The van der Waals surface area contributed by atoms with Crippen LogP contribution >= 0.6 is 0 Å². The molecule has 0 bridgehead atoms. The molecule has 6 heteroatoms. The second kappa shape index (κ2) is 9.71. The quantitative estimate of drug-likeness (QED) is 0.577. The predicted molar refractivity (Wildman–Crippen MR) is 95.8 cm³/mol. The van der Waals surface area contributed by atoms with Gasteiger partial charge < -0.3 is 19.5 Å². The molecule has 6 nitrogen and oxygen atoms in total. The lowest BCUT2D eigenvalue weighted by atomic mass is 9.99. The van der Waals surface area contributed by atoms with Crippen molar-refractivity contribution < 1.29 is 23.8 Å². The van der Waals surface area contributed by atoms with Crippen LogP contribution in [0.5, 0.6) is 11.5 Å². The SMILES string of the molecule is COc1ccc(CCNC(=O)/C=C/C(=O)OCC(C)(C)C)cc1OC. The van der Waals surface area contributed by atoms with Gasteiger partial charge in [0.15, 0.2) is 11.5 Å². The normalized spacial score (nSPS) is 11.2. The van der Waals surface area contributed by atoms with Gasteiger partial charge in [0.05, 0.1) is 20.8 Å². The molecule has 0 unspecified atom stereocenters. The fraction of sp³-hybridized carbons (Fsp3) is 0.474. The summed E-state index contributed by atoms with van der Waals surface area (Å²) in [4.78, 5) is 23.2. The average Bonchev–Trinajstić information content (AvgIpc) is 2.57. The van der Waals surface area contributed by atoms with Crippen molar-refractivity contribution in [3.05, 3.63) is 35.9 Å². The van der Waals surface area contributed by atoms with Gasteiger partial charge in [-0.15, -0.1) is 0 Å². The van der Waals surface area contributed by atoms with E-state index in [0.29, 0.717) is 31.1 Å². The third kappa shape index (κ3) is 8.24. The van der Waals surface area contributed by atoms with Gasteiger partial charge >= 0.3 is 5.97 Å². The summed E-state index contributed by atoms with van der Waals surface area (Å²) in [6.07, 6.45) is 2.95. The van der Waals surface area contributed by atoms with Gasteiger partial charge in [0.25, 0.3) is 0 Å². The number of methoxy groups -OCH3 is 2. The van der Waals surface area contributed by atoms with E-state index >= 15 is 0 Å². The number of amides is 1. The minimum atomic E-state index is -0.523. The summed E-state index contributed by atoms with van der Waals surface area (Å²) < 4.78 is 15.5. The van der Waals surface area contributed by atoms with E-state index in [9.17, 15) is 9.59 Å². The van der Waals surface area contributed by atoms with Crippen LogP contribution < -0.4 is 14.8 Å². The summed E-state index contributed by atoms with van der Waals surface area (Å²) >= 11 is 0. The second-order valence-corrected chi connectivity index (χ2v) is 6.73. The summed E-state index contributed by atoms with van der Waals surface area (Å²) in [6.45, 7) is 6.63. The molecule has 0 fully saturated rings. The van der Waals surface area contributed by atoms with E-state index in [1.807, 2.05) is 39.0 Å². The summed E-state index contributed by atoms with van der Waals surface area (Å²) in [5.41, 5.74) is 0.900. The number of rotatable bonds is 8. The van der Waals surface area contributed by atoms with E-state index in [2.05, 4.69) is 5.32 Å². The molecule has 0 heterocycles. The highest BCUT2D eigenvalue weighted by molar-refractivity contribution is 5.94. The Morgan fingerprint density at radius 1 is 1.08 bits per heavy atom. The number of carbonyl (C=O) groups is 2. The fourth-order valence-corrected chi connectivity index (χ4v) is 1.90. The van der Waals surface area contributed by atoms with E-state index < -0.39 is 5.97 Å². The molecule has 0 aliphatic rings. The maximum Gasteiger partial charge on any atom is 0.330 e. The zero-order chi connectivity index (χ0) is 18.9. The Morgan fingerprint density at radius 3 is 2.36 bits per heavy atom. The second-order valence-electron chi connectivity index (χ2n) is 6.73. The Kier molecular flexibility index (Phi) is 7.98. The van der Waals surface area contributed by atoms with Gasteiger partial charge in [-0.3, -0.25) is 4.79 Å². The summed E-state index contributed by atoms with van der Waals surface area (Å²) in [7, 11) is 3.16. The van der Waals surface area contributed by atoms with Crippen LogP contribution in [0.4, 0.5) is 0 Å². The smallest absolute Gasteiger partial charge is 0.330 e. The number of ether oxygens (including phenoxy) is 3. The Bertz CT molecular complexity index is 617. The minimum absolute atomic E-state index is 0.106. The number of benzene rings is 1. The molecule has 138 valence electrons. The molecule has 0 radical (unpaired) electrons. The molecular weight excluding hydrogens is 322 g/mol. The van der Waals surface area contributed by atoms with Crippen LogP contribution in [-0.2, 0) is 20.7 Å². The molecule has 1 aromatic carbocycles. The van der Waals surface area contributed by atoms with Gasteiger partial charge in [0.1, 0.15) is 0 Å². The number of hydrogen-bond acceptors (Lipinski definition) is 5. The lowest BCUT2D eigenvalue weighted by molar-refractivity contribution is -0.140. The van der Waals surface area contributed by atoms with Crippen molar-refractivity contribution in [2.75, 3.05) is 27.4 Å². The van der Waals surface area contributed by atoms with Crippen LogP contribution in [0.2, 0.25) is 0 Å². The van der Waals surface area contributed by atoms with E-state index in [1.54, 1.807) is 14.2 Å².